The van der Waals surface area contributed by atoms with Crippen LogP contribution in [0.3, 0.4) is 0 Å². The SMILES string of the molecule is Nc1ccc(C2(CC3CCCCC3)CCC(=O)NC2=O)cc1. The number of hydrogen-bond donors (Lipinski definition) is 2. The molecule has 1 saturated heterocycles. The van der Waals surface area contributed by atoms with Gasteiger partial charge in [-0.15, -0.1) is 0 Å². The first kappa shape index (κ1) is 15.1. The third-order valence-electron chi connectivity index (χ3n) is 5.29. The summed E-state index contributed by atoms with van der Waals surface area (Å²) in [4.78, 5) is 24.3. The monoisotopic (exact) mass is 300 g/mol. The zero-order valence-electron chi connectivity index (χ0n) is 12.9. The van der Waals surface area contributed by atoms with E-state index in [1.807, 2.05) is 24.3 Å². The summed E-state index contributed by atoms with van der Waals surface area (Å²) in [6, 6.07) is 7.60. The molecule has 0 aromatic heterocycles. The molecule has 0 bridgehead atoms. The standard InChI is InChI=1S/C18H24N2O2/c19-15-8-6-14(7-9-15)18(11-10-16(21)20-17(18)22)12-13-4-2-1-3-5-13/h6-9,13H,1-5,10-12,19H2,(H,20,21,22). The van der Waals surface area contributed by atoms with Crippen LogP contribution >= 0.6 is 0 Å². The van der Waals surface area contributed by atoms with Crippen LogP contribution in [0, 0.1) is 5.92 Å². The Morgan fingerprint density at radius 2 is 1.77 bits per heavy atom. The van der Waals surface area contributed by atoms with Gasteiger partial charge in [-0.25, -0.2) is 0 Å². The summed E-state index contributed by atoms with van der Waals surface area (Å²) in [5, 5.41) is 2.56. The second-order valence-electron chi connectivity index (χ2n) is 6.79. The van der Waals surface area contributed by atoms with E-state index in [9.17, 15) is 9.59 Å². The number of anilines is 1. The van der Waals surface area contributed by atoms with Crippen molar-refractivity contribution in [3.05, 3.63) is 29.8 Å². The molecule has 3 N–H and O–H groups in total. The molecule has 3 rings (SSSR count). The molecule has 118 valence electrons. The highest BCUT2D eigenvalue weighted by molar-refractivity contribution is 6.03. The van der Waals surface area contributed by atoms with Crippen molar-refractivity contribution in [3.8, 4) is 0 Å². The Labute approximate surface area is 131 Å². The van der Waals surface area contributed by atoms with Crippen LogP contribution in [0.2, 0.25) is 0 Å². The molecule has 1 unspecified atom stereocenters. The fourth-order valence-electron chi connectivity index (χ4n) is 4.02. The van der Waals surface area contributed by atoms with E-state index in [0.29, 0.717) is 24.4 Å². The fraction of sp³-hybridized carbons (Fsp3) is 0.556. The van der Waals surface area contributed by atoms with Gasteiger partial charge in [-0.1, -0.05) is 44.2 Å². The molecule has 1 aliphatic carbocycles. The molecule has 22 heavy (non-hydrogen) atoms. The lowest BCUT2D eigenvalue weighted by Gasteiger charge is -2.39. The Morgan fingerprint density at radius 3 is 2.41 bits per heavy atom. The van der Waals surface area contributed by atoms with Crippen LogP contribution in [0.15, 0.2) is 24.3 Å². The molecule has 2 amide bonds. The van der Waals surface area contributed by atoms with Crippen molar-refractivity contribution in [2.24, 2.45) is 5.92 Å². The lowest BCUT2D eigenvalue weighted by Crippen LogP contribution is -2.52. The Hall–Kier alpha value is -1.84. The van der Waals surface area contributed by atoms with Crippen LogP contribution in [0.1, 0.15) is 56.9 Å². The summed E-state index contributed by atoms with van der Waals surface area (Å²) in [5.41, 5.74) is 6.92. The maximum atomic E-state index is 12.7. The van der Waals surface area contributed by atoms with Crippen molar-refractivity contribution in [1.82, 2.24) is 5.32 Å². The van der Waals surface area contributed by atoms with Crippen molar-refractivity contribution in [2.75, 3.05) is 5.73 Å². The summed E-state index contributed by atoms with van der Waals surface area (Å²) < 4.78 is 0. The first-order valence-corrected chi connectivity index (χ1v) is 8.30. The van der Waals surface area contributed by atoms with E-state index in [2.05, 4.69) is 5.32 Å². The molecule has 1 aromatic rings. The van der Waals surface area contributed by atoms with Gasteiger partial charge in [0, 0.05) is 12.1 Å². The van der Waals surface area contributed by atoms with Crippen molar-refractivity contribution in [3.63, 3.8) is 0 Å². The van der Waals surface area contributed by atoms with Crippen LogP contribution in [0.4, 0.5) is 5.69 Å². The van der Waals surface area contributed by atoms with Gasteiger partial charge in [0.15, 0.2) is 0 Å². The first-order chi connectivity index (χ1) is 10.6. The second kappa shape index (κ2) is 6.11. The Bertz CT molecular complexity index is 561. The lowest BCUT2D eigenvalue weighted by atomic mass is 9.66. The number of piperidine rings is 1. The maximum absolute atomic E-state index is 12.7. The number of amides is 2. The van der Waals surface area contributed by atoms with Crippen LogP contribution in [-0.4, -0.2) is 11.8 Å². The normalized spacial score (nSPS) is 26.7. The van der Waals surface area contributed by atoms with E-state index < -0.39 is 5.41 Å². The predicted molar refractivity (Wildman–Crippen MR) is 86.1 cm³/mol. The van der Waals surface area contributed by atoms with E-state index >= 15 is 0 Å². The summed E-state index contributed by atoms with van der Waals surface area (Å²) in [6.07, 6.45) is 8.06. The molecule has 1 atom stereocenters. The van der Waals surface area contributed by atoms with E-state index in [-0.39, 0.29) is 11.8 Å². The summed E-state index contributed by atoms with van der Waals surface area (Å²) in [7, 11) is 0. The van der Waals surface area contributed by atoms with Gasteiger partial charge in [0.05, 0.1) is 5.41 Å². The molecule has 1 heterocycles. The number of nitrogen functional groups attached to an aromatic ring is 1. The molecule has 1 saturated carbocycles. The summed E-state index contributed by atoms with van der Waals surface area (Å²) in [5.74, 6) is 0.295. The van der Waals surface area contributed by atoms with Crippen molar-refractivity contribution in [2.45, 2.75) is 56.8 Å². The van der Waals surface area contributed by atoms with E-state index in [0.717, 1.165) is 12.0 Å². The number of imide groups is 1. The molecular formula is C18H24N2O2. The number of nitrogens with one attached hydrogen (secondary N) is 1. The van der Waals surface area contributed by atoms with E-state index in [1.165, 1.54) is 32.1 Å². The van der Waals surface area contributed by atoms with Gasteiger partial charge in [0.1, 0.15) is 0 Å². The number of carbonyl (C=O) groups is 2. The fourth-order valence-corrected chi connectivity index (χ4v) is 4.02. The Kier molecular flexibility index (Phi) is 4.19. The summed E-state index contributed by atoms with van der Waals surface area (Å²) >= 11 is 0. The quantitative estimate of drug-likeness (QED) is 0.666. The minimum absolute atomic E-state index is 0.126. The highest BCUT2D eigenvalue weighted by Crippen LogP contribution is 2.42. The first-order valence-electron chi connectivity index (χ1n) is 8.30. The second-order valence-corrected chi connectivity index (χ2v) is 6.79. The molecule has 1 aromatic carbocycles. The minimum atomic E-state index is -0.566. The third-order valence-corrected chi connectivity index (χ3v) is 5.29. The number of nitrogens with two attached hydrogens (primary N) is 1. The highest BCUT2D eigenvalue weighted by Gasteiger charge is 2.45. The smallest absolute Gasteiger partial charge is 0.237 e. The van der Waals surface area contributed by atoms with Gasteiger partial charge in [0.2, 0.25) is 11.8 Å². The number of carbonyl (C=O) groups excluding carboxylic acids is 2. The van der Waals surface area contributed by atoms with Gasteiger partial charge in [-0.05, 0) is 36.5 Å². The van der Waals surface area contributed by atoms with Crippen LogP contribution in [0.5, 0.6) is 0 Å². The van der Waals surface area contributed by atoms with Crippen LogP contribution in [-0.2, 0) is 15.0 Å². The number of hydrogen-bond acceptors (Lipinski definition) is 3. The lowest BCUT2D eigenvalue weighted by molar-refractivity contribution is -0.138. The zero-order chi connectivity index (χ0) is 15.6. The zero-order valence-corrected chi connectivity index (χ0v) is 12.9. The minimum Gasteiger partial charge on any atom is -0.399 e. The van der Waals surface area contributed by atoms with Crippen molar-refractivity contribution < 1.29 is 9.59 Å². The Morgan fingerprint density at radius 1 is 1.09 bits per heavy atom. The molecule has 0 radical (unpaired) electrons. The topological polar surface area (TPSA) is 72.2 Å². The molecule has 1 aliphatic heterocycles. The van der Waals surface area contributed by atoms with E-state index in [4.69, 9.17) is 5.73 Å². The molecule has 2 aliphatic rings. The average Bonchev–Trinajstić information content (AvgIpc) is 2.52. The van der Waals surface area contributed by atoms with Crippen molar-refractivity contribution in [1.29, 1.82) is 0 Å². The van der Waals surface area contributed by atoms with Gasteiger partial charge in [-0.2, -0.15) is 0 Å². The third kappa shape index (κ3) is 2.87. The molecule has 0 spiro atoms. The molecule has 4 heteroatoms. The number of rotatable bonds is 3. The average molecular weight is 300 g/mol. The van der Waals surface area contributed by atoms with E-state index in [1.54, 1.807) is 0 Å². The molecule has 4 nitrogen and oxygen atoms in total. The molecule has 2 fully saturated rings. The van der Waals surface area contributed by atoms with Crippen molar-refractivity contribution >= 4 is 17.5 Å². The van der Waals surface area contributed by atoms with Gasteiger partial charge in [-0.3, -0.25) is 14.9 Å². The predicted octanol–water partition coefficient (Wildman–Crippen LogP) is 2.91. The van der Waals surface area contributed by atoms with Gasteiger partial charge in [0.25, 0.3) is 0 Å². The largest absolute Gasteiger partial charge is 0.399 e. The Balaban J connectivity index is 1.92. The van der Waals surface area contributed by atoms with Crippen LogP contribution in [0.25, 0.3) is 0 Å². The van der Waals surface area contributed by atoms with Gasteiger partial charge >= 0.3 is 0 Å². The highest BCUT2D eigenvalue weighted by atomic mass is 16.2. The number of benzene rings is 1. The van der Waals surface area contributed by atoms with Gasteiger partial charge < -0.3 is 5.73 Å². The van der Waals surface area contributed by atoms with Crippen LogP contribution < -0.4 is 11.1 Å². The molecular weight excluding hydrogens is 276 g/mol. The maximum Gasteiger partial charge on any atom is 0.237 e. The summed E-state index contributed by atoms with van der Waals surface area (Å²) in [6.45, 7) is 0.